The van der Waals surface area contributed by atoms with E-state index >= 15 is 0 Å². The van der Waals surface area contributed by atoms with E-state index in [0.717, 1.165) is 0 Å². The number of nitrogens with two attached hydrogens (primary N) is 1. The Morgan fingerprint density at radius 3 is 2.03 bits per heavy atom. The van der Waals surface area contributed by atoms with E-state index in [9.17, 15) is 24.3 Å². The molecular weight excluding hydrogens is 432 g/mol. The van der Waals surface area contributed by atoms with Gasteiger partial charge in [-0.15, -0.1) is 0 Å². The second-order valence-corrected chi connectivity index (χ2v) is 8.41. The van der Waals surface area contributed by atoms with Crippen LogP contribution in [0.2, 0.25) is 0 Å². The van der Waals surface area contributed by atoms with Gasteiger partial charge in [-0.1, -0.05) is 20.3 Å². The molecule has 0 saturated heterocycles. The fourth-order valence-corrected chi connectivity index (χ4v) is 3.11. The van der Waals surface area contributed by atoms with E-state index in [1.807, 2.05) is 13.2 Å². The lowest BCUT2D eigenvalue weighted by atomic mass is 9.97. The Balaban J connectivity index is 5.43. The van der Waals surface area contributed by atoms with Crippen LogP contribution >= 0.6 is 24.4 Å². The first-order valence-electron chi connectivity index (χ1n) is 9.67. The van der Waals surface area contributed by atoms with Gasteiger partial charge in [0.25, 0.3) is 0 Å². The molecule has 30 heavy (non-hydrogen) atoms. The van der Waals surface area contributed by atoms with Crippen molar-refractivity contribution in [2.24, 2.45) is 11.7 Å². The number of rotatable bonds is 14. The molecule has 0 bridgehead atoms. The number of aliphatic carboxylic acids is 1. The first kappa shape index (κ1) is 28.5. The number of carbonyl (C=O) groups excluding carboxylic acids is 3. The molecule has 12 heteroatoms. The van der Waals surface area contributed by atoms with Crippen LogP contribution in [-0.4, -0.2) is 81.9 Å². The van der Waals surface area contributed by atoms with Crippen molar-refractivity contribution in [3.8, 4) is 0 Å². The highest BCUT2D eigenvalue weighted by atomic mass is 32.2. The van der Waals surface area contributed by atoms with E-state index in [4.69, 9.17) is 10.8 Å². The van der Waals surface area contributed by atoms with Crippen molar-refractivity contribution < 1.29 is 29.4 Å². The van der Waals surface area contributed by atoms with Gasteiger partial charge < -0.3 is 31.9 Å². The molecule has 0 aliphatic carbocycles. The molecule has 3 amide bonds. The second kappa shape index (κ2) is 14.5. The lowest BCUT2D eigenvalue weighted by molar-refractivity contribution is -0.141. The van der Waals surface area contributed by atoms with Crippen LogP contribution in [0.1, 0.15) is 33.6 Å². The van der Waals surface area contributed by atoms with Crippen LogP contribution in [-0.2, 0) is 19.2 Å². The Labute approximate surface area is 186 Å². The maximum Gasteiger partial charge on any atom is 0.327 e. The van der Waals surface area contributed by atoms with E-state index in [2.05, 4.69) is 28.6 Å². The number of aliphatic hydroxyl groups is 1. The van der Waals surface area contributed by atoms with Gasteiger partial charge in [0, 0.05) is 5.75 Å². The van der Waals surface area contributed by atoms with E-state index in [1.54, 1.807) is 6.92 Å². The summed E-state index contributed by atoms with van der Waals surface area (Å²) in [6.07, 6.45) is 1.57. The molecule has 0 aliphatic rings. The number of nitrogens with one attached hydrogen (secondary N) is 3. The molecule has 0 aromatic carbocycles. The average Bonchev–Trinajstić information content (AvgIpc) is 2.70. The highest BCUT2D eigenvalue weighted by Crippen LogP contribution is 2.10. The fourth-order valence-electron chi connectivity index (χ4n) is 2.39. The third kappa shape index (κ3) is 9.54. The molecule has 0 rings (SSSR count). The summed E-state index contributed by atoms with van der Waals surface area (Å²) in [6, 6.07) is -4.35. The molecule has 0 spiro atoms. The van der Waals surface area contributed by atoms with Crippen LogP contribution in [0.3, 0.4) is 0 Å². The van der Waals surface area contributed by atoms with Gasteiger partial charge in [0.05, 0.1) is 6.10 Å². The van der Waals surface area contributed by atoms with E-state index in [-0.39, 0.29) is 18.1 Å². The van der Waals surface area contributed by atoms with E-state index in [0.29, 0.717) is 12.2 Å². The van der Waals surface area contributed by atoms with Crippen molar-refractivity contribution in [2.75, 3.05) is 17.8 Å². The quantitative estimate of drug-likeness (QED) is 0.159. The minimum absolute atomic E-state index is 0.104. The van der Waals surface area contributed by atoms with Crippen molar-refractivity contribution in [2.45, 2.75) is 63.9 Å². The summed E-state index contributed by atoms with van der Waals surface area (Å²) in [5.74, 6) is -2.98. The monoisotopic (exact) mass is 466 g/mol. The van der Waals surface area contributed by atoms with Gasteiger partial charge in [-0.05, 0) is 31.3 Å². The van der Waals surface area contributed by atoms with Gasteiger partial charge in [0.2, 0.25) is 17.7 Å². The number of aliphatic hydroxyl groups excluding tert-OH is 1. The van der Waals surface area contributed by atoms with Gasteiger partial charge >= 0.3 is 5.97 Å². The predicted molar refractivity (Wildman–Crippen MR) is 119 cm³/mol. The molecule has 0 saturated carbocycles. The second-order valence-electron chi connectivity index (χ2n) is 7.06. The highest BCUT2D eigenvalue weighted by molar-refractivity contribution is 7.98. The van der Waals surface area contributed by atoms with Gasteiger partial charge in [-0.25, -0.2) is 4.79 Å². The molecule has 6 unspecified atom stereocenters. The molecule has 6 atom stereocenters. The fraction of sp³-hybridized carbons (Fsp3) is 0.778. The Bertz CT molecular complexity index is 593. The summed E-state index contributed by atoms with van der Waals surface area (Å²) in [5, 5.41) is 26.1. The number of carbonyl (C=O) groups is 4. The van der Waals surface area contributed by atoms with Crippen LogP contribution < -0.4 is 21.7 Å². The summed E-state index contributed by atoms with van der Waals surface area (Å²) < 4.78 is 0. The topological polar surface area (TPSA) is 171 Å². The Kier molecular flexibility index (Phi) is 13.8. The minimum atomic E-state index is -1.23. The van der Waals surface area contributed by atoms with Crippen LogP contribution in [0.5, 0.6) is 0 Å². The van der Waals surface area contributed by atoms with Gasteiger partial charge in [-0.3, -0.25) is 14.4 Å². The predicted octanol–water partition coefficient (Wildman–Crippen LogP) is -1.04. The third-order valence-corrected chi connectivity index (χ3v) is 5.67. The maximum absolute atomic E-state index is 12.9. The van der Waals surface area contributed by atoms with Crippen molar-refractivity contribution in [3.63, 3.8) is 0 Å². The Morgan fingerprint density at radius 1 is 1.03 bits per heavy atom. The molecule has 0 heterocycles. The normalized spacial score (nSPS) is 17.0. The third-order valence-electron chi connectivity index (χ3n) is 4.66. The summed E-state index contributed by atoms with van der Waals surface area (Å²) >= 11 is 5.38. The Hall–Kier alpha value is -1.50. The van der Waals surface area contributed by atoms with Gasteiger partial charge in [0.15, 0.2) is 0 Å². The summed E-state index contributed by atoms with van der Waals surface area (Å²) in [5.41, 5.74) is 5.64. The minimum Gasteiger partial charge on any atom is -0.480 e. The average molecular weight is 467 g/mol. The van der Waals surface area contributed by atoms with Gasteiger partial charge in [0.1, 0.15) is 24.2 Å². The number of hydrogen-bond donors (Lipinski definition) is 7. The molecule has 10 nitrogen and oxygen atoms in total. The van der Waals surface area contributed by atoms with Crippen molar-refractivity contribution in [1.29, 1.82) is 0 Å². The molecule has 7 N–H and O–H groups in total. The standard InChI is InChI=1S/C18H34N4O6S2/c1-5-9(2)14(22-16(25)13(19)10(3)23)17(26)20-11(6-7-30-4)15(24)21-12(8-29)18(27)28/h9-14,23,29H,5-8,19H2,1-4H3,(H,20,26)(H,21,24)(H,22,25)(H,27,28). The van der Waals surface area contributed by atoms with Crippen molar-refractivity contribution in [1.82, 2.24) is 16.0 Å². The Morgan fingerprint density at radius 2 is 1.60 bits per heavy atom. The number of hydrogen-bond acceptors (Lipinski definition) is 8. The first-order chi connectivity index (χ1) is 14.0. The summed E-state index contributed by atoms with van der Waals surface area (Å²) in [4.78, 5) is 48.9. The van der Waals surface area contributed by atoms with Crippen molar-refractivity contribution >= 4 is 48.1 Å². The van der Waals surface area contributed by atoms with Crippen LogP contribution in [0.15, 0.2) is 0 Å². The number of thioether (sulfide) groups is 1. The molecule has 0 aromatic rings. The van der Waals surface area contributed by atoms with Crippen LogP contribution in [0, 0.1) is 5.92 Å². The number of thiol groups is 1. The molecular formula is C18H34N4O6S2. The summed E-state index contributed by atoms with van der Waals surface area (Å²) in [7, 11) is 0. The maximum atomic E-state index is 12.9. The number of carboxylic acid groups (broad SMARTS) is 1. The van der Waals surface area contributed by atoms with E-state index < -0.39 is 54.0 Å². The smallest absolute Gasteiger partial charge is 0.327 e. The van der Waals surface area contributed by atoms with Crippen LogP contribution in [0.25, 0.3) is 0 Å². The molecule has 0 fully saturated rings. The lowest BCUT2D eigenvalue weighted by Gasteiger charge is -2.28. The summed E-state index contributed by atoms with van der Waals surface area (Å²) in [6.45, 7) is 4.97. The number of amides is 3. The zero-order chi connectivity index (χ0) is 23.4. The zero-order valence-electron chi connectivity index (χ0n) is 17.8. The zero-order valence-corrected chi connectivity index (χ0v) is 19.5. The van der Waals surface area contributed by atoms with Gasteiger partial charge in [-0.2, -0.15) is 24.4 Å². The largest absolute Gasteiger partial charge is 0.480 e. The molecule has 0 radical (unpaired) electrons. The first-order valence-corrected chi connectivity index (χ1v) is 11.7. The molecule has 0 aliphatic heterocycles. The SMILES string of the molecule is CCC(C)C(NC(=O)C(N)C(C)O)C(=O)NC(CCSC)C(=O)NC(CS)C(=O)O. The lowest BCUT2D eigenvalue weighted by Crippen LogP contribution is -2.59. The molecule has 0 aromatic heterocycles. The molecule has 174 valence electrons. The number of carboxylic acids is 1. The van der Waals surface area contributed by atoms with Crippen LogP contribution in [0.4, 0.5) is 0 Å². The highest BCUT2D eigenvalue weighted by Gasteiger charge is 2.32. The van der Waals surface area contributed by atoms with Crippen molar-refractivity contribution in [3.05, 3.63) is 0 Å². The van der Waals surface area contributed by atoms with E-state index in [1.165, 1.54) is 18.7 Å².